The molecule has 3 fully saturated rings. The number of amides is 1. The molecule has 3 aliphatic rings. The van der Waals surface area contributed by atoms with Gasteiger partial charge in [0.2, 0.25) is 0 Å². The number of nitrogens with one attached hydrogen (secondary N) is 2. The van der Waals surface area contributed by atoms with Crippen molar-refractivity contribution in [2.24, 2.45) is 17.8 Å². The maximum absolute atomic E-state index is 14.3. The highest BCUT2D eigenvalue weighted by Crippen LogP contribution is 2.39. The zero-order valence-electron chi connectivity index (χ0n) is 24.1. The van der Waals surface area contributed by atoms with Crippen molar-refractivity contribution in [3.8, 4) is 6.07 Å². The second-order valence-electron chi connectivity index (χ2n) is 12.3. The molecule has 2 aliphatic heterocycles. The Labute approximate surface area is 247 Å². The van der Waals surface area contributed by atoms with E-state index in [0.717, 1.165) is 36.9 Å². The van der Waals surface area contributed by atoms with Crippen molar-refractivity contribution in [1.82, 2.24) is 20.5 Å². The first-order chi connectivity index (χ1) is 19.7. The summed E-state index contributed by atoms with van der Waals surface area (Å²) in [6.45, 7) is 5.17. The summed E-state index contributed by atoms with van der Waals surface area (Å²) in [5.41, 5.74) is 1.33. The molecule has 218 valence electrons. The predicted octanol–water partition coefficient (Wildman–Crippen LogP) is 5.26. The lowest BCUT2D eigenvalue weighted by Gasteiger charge is -2.40. The highest BCUT2D eigenvalue weighted by molar-refractivity contribution is 6.30. The summed E-state index contributed by atoms with van der Waals surface area (Å²) in [6, 6.07) is 14.4. The number of halogens is 1. The Kier molecular flexibility index (Phi) is 8.98. The highest BCUT2D eigenvalue weighted by atomic mass is 35.5. The number of pyridine rings is 1. The van der Waals surface area contributed by atoms with Gasteiger partial charge in [0.05, 0.1) is 35.8 Å². The second kappa shape index (κ2) is 12.5. The number of piperidine rings is 1. The summed E-state index contributed by atoms with van der Waals surface area (Å²) in [6.07, 6.45) is 5.49. The molecular formula is C32H40ClN5O3. The Balaban J connectivity index is 1.41. The van der Waals surface area contributed by atoms with Crippen molar-refractivity contribution >= 4 is 23.5 Å². The maximum Gasteiger partial charge on any atom is 0.410 e. The maximum atomic E-state index is 14.3. The third-order valence-electron chi connectivity index (χ3n) is 9.45. The predicted molar refractivity (Wildman–Crippen MR) is 157 cm³/mol. The van der Waals surface area contributed by atoms with Gasteiger partial charge in [0, 0.05) is 43.2 Å². The Morgan fingerprint density at radius 2 is 1.85 bits per heavy atom. The van der Waals surface area contributed by atoms with E-state index in [9.17, 15) is 14.9 Å². The van der Waals surface area contributed by atoms with E-state index in [1.165, 1.54) is 0 Å². The molecule has 9 heteroatoms. The van der Waals surface area contributed by atoms with E-state index in [4.69, 9.17) is 16.3 Å². The second-order valence-corrected chi connectivity index (χ2v) is 12.8. The number of nitrogens with zero attached hydrogens (tertiary/aromatic N) is 3. The molecule has 8 nitrogen and oxygen atoms in total. The van der Waals surface area contributed by atoms with E-state index in [0.29, 0.717) is 30.5 Å². The third-order valence-corrected chi connectivity index (χ3v) is 9.70. The van der Waals surface area contributed by atoms with Gasteiger partial charge in [-0.1, -0.05) is 36.7 Å². The Morgan fingerprint density at radius 1 is 1.12 bits per heavy atom. The van der Waals surface area contributed by atoms with Gasteiger partial charge in [-0.25, -0.2) is 4.79 Å². The fourth-order valence-electron chi connectivity index (χ4n) is 6.80. The standard InChI is InChI=1S/C32H40ClN5O3/c1-20-11-13-32(2,14-12-20)41-31(40)38(3)29-25(21-7-9-23(33)10-8-21)19-37-28(29)30(39)24-16-27(36-18-22(24)17-34)26-6-4-5-15-35-26/h4-10,15,20,22,24-25,27-29,36-37H,11-14,16,18-19H2,1-3H3/t20?,22?,24?,25-,27?,28?,29-,32?/m0/s1. The first kappa shape index (κ1) is 29.5. The van der Waals surface area contributed by atoms with Gasteiger partial charge in [-0.15, -0.1) is 0 Å². The first-order valence-corrected chi connectivity index (χ1v) is 15.1. The fourth-order valence-corrected chi connectivity index (χ4v) is 6.92. The topological polar surface area (TPSA) is 107 Å². The molecule has 2 saturated heterocycles. The molecule has 0 bridgehead atoms. The van der Waals surface area contributed by atoms with Gasteiger partial charge < -0.3 is 20.3 Å². The molecule has 1 amide bonds. The molecule has 0 spiro atoms. The van der Waals surface area contributed by atoms with E-state index in [1.54, 1.807) is 18.1 Å². The van der Waals surface area contributed by atoms with Crippen molar-refractivity contribution in [1.29, 1.82) is 5.26 Å². The lowest BCUT2D eigenvalue weighted by Crippen LogP contribution is -2.55. The number of hydrogen-bond donors (Lipinski definition) is 2. The van der Waals surface area contributed by atoms with Gasteiger partial charge in [-0.05, 0) is 74.8 Å². The summed E-state index contributed by atoms with van der Waals surface area (Å²) in [5, 5.41) is 17.5. The molecule has 2 N–H and O–H groups in total. The largest absolute Gasteiger partial charge is 0.443 e. The van der Waals surface area contributed by atoms with E-state index >= 15 is 0 Å². The van der Waals surface area contributed by atoms with Gasteiger partial charge in [-0.3, -0.25) is 9.78 Å². The SMILES string of the molecule is CC1CCC(C)(OC(=O)N(C)[C@@H]2C(C(=O)C3CC(c4ccccn4)NCC3C#N)NC[C@H]2c2ccc(Cl)cc2)CC1. The average Bonchev–Trinajstić information content (AvgIpc) is 3.43. The van der Waals surface area contributed by atoms with Crippen molar-refractivity contribution in [2.75, 3.05) is 20.1 Å². The molecule has 41 heavy (non-hydrogen) atoms. The average molecular weight is 578 g/mol. The van der Waals surface area contributed by atoms with Crippen LogP contribution in [0.25, 0.3) is 0 Å². The third kappa shape index (κ3) is 6.43. The molecule has 3 heterocycles. The van der Waals surface area contributed by atoms with Gasteiger partial charge in [0.1, 0.15) is 5.60 Å². The smallest absolute Gasteiger partial charge is 0.410 e. The van der Waals surface area contributed by atoms with Crippen LogP contribution in [0.3, 0.4) is 0 Å². The summed E-state index contributed by atoms with van der Waals surface area (Å²) < 4.78 is 6.15. The van der Waals surface area contributed by atoms with Crippen LogP contribution in [-0.4, -0.2) is 59.6 Å². The minimum absolute atomic E-state index is 0.0437. The van der Waals surface area contributed by atoms with E-state index in [-0.39, 0.29) is 17.7 Å². The van der Waals surface area contributed by atoms with Crippen LogP contribution >= 0.6 is 11.6 Å². The van der Waals surface area contributed by atoms with Crippen LogP contribution < -0.4 is 10.6 Å². The first-order valence-electron chi connectivity index (χ1n) is 14.7. The number of aromatic nitrogens is 1. The van der Waals surface area contributed by atoms with Gasteiger partial charge in [0.25, 0.3) is 0 Å². The van der Waals surface area contributed by atoms with Crippen LogP contribution in [0.4, 0.5) is 4.79 Å². The number of Topliss-reactive ketones (excluding diaryl/α,β-unsaturated/α-hetero) is 1. The van der Waals surface area contributed by atoms with Crippen LogP contribution in [0.2, 0.25) is 5.02 Å². The molecular weight excluding hydrogens is 538 g/mol. The number of rotatable bonds is 6. The van der Waals surface area contributed by atoms with Crippen LogP contribution in [0.1, 0.15) is 69.2 Å². The number of nitriles is 1. The van der Waals surface area contributed by atoms with Crippen molar-refractivity contribution in [3.63, 3.8) is 0 Å². The van der Waals surface area contributed by atoms with Crippen LogP contribution in [-0.2, 0) is 9.53 Å². The molecule has 4 unspecified atom stereocenters. The number of carbonyl (C=O) groups excluding carboxylic acids is 2. The lowest BCUT2D eigenvalue weighted by atomic mass is 9.76. The Bertz CT molecular complexity index is 1260. The molecule has 1 saturated carbocycles. The number of ether oxygens (including phenoxy) is 1. The zero-order chi connectivity index (χ0) is 29.1. The highest BCUT2D eigenvalue weighted by Gasteiger charge is 2.49. The van der Waals surface area contributed by atoms with Crippen LogP contribution in [0.5, 0.6) is 0 Å². The lowest BCUT2D eigenvalue weighted by molar-refractivity contribution is -0.128. The molecule has 1 aromatic heterocycles. The number of ketones is 1. The van der Waals surface area contributed by atoms with E-state index in [2.05, 4.69) is 28.6 Å². The molecule has 1 aliphatic carbocycles. The van der Waals surface area contributed by atoms with Crippen molar-refractivity contribution < 1.29 is 14.3 Å². The summed E-state index contributed by atoms with van der Waals surface area (Å²) in [7, 11) is 1.74. The minimum atomic E-state index is -0.643. The van der Waals surface area contributed by atoms with E-state index in [1.807, 2.05) is 49.4 Å². The molecule has 2 aromatic rings. The van der Waals surface area contributed by atoms with Crippen molar-refractivity contribution in [3.05, 3.63) is 64.9 Å². The number of carbonyl (C=O) groups is 2. The monoisotopic (exact) mass is 577 g/mol. The number of likely N-dealkylation sites (N-methyl/N-ethyl adjacent to an activating group) is 1. The summed E-state index contributed by atoms with van der Waals surface area (Å²) in [5.74, 6) is -0.536. The quantitative estimate of drug-likeness (QED) is 0.482. The summed E-state index contributed by atoms with van der Waals surface area (Å²) >= 11 is 6.18. The fraction of sp³-hybridized carbons (Fsp3) is 0.562. The normalized spacial score (nSPS) is 33.5. The van der Waals surface area contributed by atoms with Crippen LogP contribution in [0.15, 0.2) is 48.7 Å². The number of hydrogen-bond acceptors (Lipinski definition) is 7. The zero-order valence-corrected chi connectivity index (χ0v) is 24.8. The molecule has 6 atom stereocenters. The van der Waals surface area contributed by atoms with E-state index < -0.39 is 35.6 Å². The minimum Gasteiger partial charge on any atom is -0.443 e. The summed E-state index contributed by atoms with van der Waals surface area (Å²) in [4.78, 5) is 34.1. The van der Waals surface area contributed by atoms with Gasteiger partial charge >= 0.3 is 6.09 Å². The molecule has 5 rings (SSSR count). The van der Waals surface area contributed by atoms with Gasteiger partial charge in [-0.2, -0.15) is 5.26 Å². The Hall–Kier alpha value is -2.99. The number of benzene rings is 1. The molecule has 0 radical (unpaired) electrons. The van der Waals surface area contributed by atoms with Crippen molar-refractivity contribution in [2.45, 2.75) is 75.6 Å². The van der Waals surface area contributed by atoms with Gasteiger partial charge in [0.15, 0.2) is 5.78 Å². The Morgan fingerprint density at radius 3 is 2.51 bits per heavy atom. The van der Waals surface area contributed by atoms with Crippen LogP contribution in [0, 0.1) is 29.1 Å². The molecule has 1 aromatic carbocycles.